The fourth-order valence-electron chi connectivity index (χ4n) is 4.31. The molecular formula is C27H31N5. The Bertz CT molecular complexity index is 1140. The van der Waals surface area contributed by atoms with Crippen molar-refractivity contribution in [3.8, 4) is 0 Å². The molecule has 1 aliphatic carbocycles. The number of hydrogen-bond donors (Lipinski definition) is 0. The summed E-state index contributed by atoms with van der Waals surface area (Å²) >= 11 is 0. The Hall–Kier alpha value is -3.05. The molecule has 4 aliphatic rings. The molecule has 0 bridgehead atoms. The van der Waals surface area contributed by atoms with Crippen molar-refractivity contribution >= 4 is 24.0 Å². The van der Waals surface area contributed by atoms with Crippen LogP contribution in [0.25, 0.3) is 5.70 Å². The van der Waals surface area contributed by atoms with Crippen LogP contribution < -0.4 is 0 Å². The van der Waals surface area contributed by atoms with Crippen molar-refractivity contribution in [1.29, 1.82) is 0 Å². The molecule has 0 spiro atoms. The summed E-state index contributed by atoms with van der Waals surface area (Å²) in [5.74, 6) is 0.900. The molecule has 0 N–H and O–H groups in total. The number of aliphatic imine (C=N–C) groups is 3. The molecule has 0 aromatic heterocycles. The molecule has 0 amide bonds. The van der Waals surface area contributed by atoms with Gasteiger partial charge in [-0.05, 0) is 74.1 Å². The van der Waals surface area contributed by atoms with Gasteiger partial charge in [0, 0.05) is 43.3 Å². The van der Waals surface area contributed by atoms with Crippen molar-refractivity contribution < 1.29 is 0 Å². The molecule has 0 radical (unpaired) electrons. The van der Waals surface area contributed by atoms with Crippen molar-refractivity contribution in [2.45, 2.75) is 40.0 Å². The molecule has 3 aliphatic heterocycles. The number of amidine groups is 1. The van der Waals surface area contributed by atoms with Gasteiger partial charge in [-0.25, -0.2) is 4.99 Å². The minimum absolute atomic E-state index is 0.790. The minimum Gasteiger partial charge on any atom is -0.300 e. The van der Waals surface area contributed by atoms with Crippen molar-refractivity contribution in [3.05, 3.63) is 75.8 Å². The lowest BCUT2D eigenvalue weighted by Crippen LogP contribution is -2.32. The number of aryl methyl sites for hydroxylation is 1. The van der Waals surface area contributed by atoms with Gasteiger partial charge < -0.3 is 0 Å². The first kappa shape index (κ1) is 20.8. The Kier molecular flexibility index (Phi) is 5.75. The second kappa shape index (κ2) is 8.83. The third-order valence-electron chi connectivity index (χ3n) is 6.50. The van der Waals surface area contributed by atoms with Crippen molar-refractivity contribution in [2.75, 3.05) is 26.2 Å². The van der Waals surface area contributed by atoms with E-state index in [1.165, 1.54) is 35.2 Å². The molecule has 1 saturated carbocycles. The molecule has 1 fully saturated rings. The van der Waals surface area contributed by atoms with E-state index >= 15 is 0 Å². The van der Waals surface area contributed by atoms with Gasteiger partial charge in [-0.2, -0.15) is 0 Å². The van der Waals surface area contributed by atoms with E-state index < -0.39 is 0 Å². The third-order valence-corrected chi connectivity index (χ3v) is 6.50. The fourth-order valence-corrected chi connectivity index (χ4v) is 4.31. The Morgan fingerprint density at radius 2 is 2.00 bits per heavy atom. The lowest BCUT2D eigenvalue weighted by molar-refractivity contribution is 0.311. The van der Waals surface area contributed by atoms with Gasteiger partial charge in [0.2, 0.25) is 0 Å². The highest BCUT2D eigenvalue weighted by molar-refractivity contribution is 6.32. The maximum atomic E-state index is 4.99. The summed E-state index contributed by atoms with van der Waals surface area (Å²) in [5, 5.41) is 0. The Labute approximate surface area is 191 Å². The minimum atomic E-state index is 0.790. The molecule has 5 nitrogen and oxygen atoms in total. The first-order valence-electron chi connectivity index (χ1n) is 11.8. The summed E-state index contributed by atoms with van der Waals surface area (Å²) in [6, 6.07) is 6.52. The largest absolute Gasteiger partial charge is 0.300 e. The lowest BCUT2D eigenvalue weighted by atomic mass is 10.0. The number of fused-ring (bicyclic) bond motifs is 1. The first-order chi connectivity index (χ1) is 15.7. The van der Waals surface area contributed by atoms with Crippen LogP contribution in [0.2, 0.25) is 0 Å². The van der Waals surface area contributed by atoms with Crippen LogP contribution in [0.1, 0.15) is 49.8 Å². The quantitative estimate of drug-likeness (QED) is 0.615. The van der Waals surface area contributed by atoms with Crippen LogP contribution >= 0.6 is 0 Å². The molecule has 164 valence electrons. The molecule has 5 rings (SSSR count). The zero-order valence-electron chi connectivity index (χ0n) is 19.3. The predicted molar refractivity (Wildman–Crippen MR) is 134 cm³/mol. The van der Waals surface area contributed by atoms with E-state index in [9.17, 15) is 0 Å². The van der Waals surface area contributed by atoms with E-state index in [4.69, 9.17) is 9.98 Å². The summed E-state index contributed by atoms with van der Waals surface area (Å²) in [6.07, 6.45) is 14.1. The van der Waals surface area contributed by atoms with Gasteiger partial charge >= 0.3 is 0 Å². The average Bonchev–Trinajstić information content (AvgIpc) is 3.68. The van der Waals surface area contributed by atoms with Crippen LogP contribution in [0, 0.1) is 6.92 Å². The maximum Gasteiger partial charge on any atom is 0.156 e. The Morgan fingerprint density at radius 3 is 2.72 bits per heavy atom. The van der Waals surface area contributed by atoms with Gasteiger partial charge in [0.05, 0.1) is 17.6 Å². The molecule has 3 heterocycles. The highest BCUT2D eigenvalue weighted by Gasteiger charge is 2.29. The number of benzene rings is 1. The third kappa shape index (κ3) is 4.17. The van der Waals surface area contributed by atoms with E-state index in [-0.39, 0.29) is 0 Å². The lowest BCUT2D eigenvalue weighted by Gasteiger charge is -2.31. The number of likely N-dealkylation sites (N-methyl/N-ethyl adjacent to an activating group) is 1. The monoisotopic (exact) mass is 425 g/mol. The second-order valence-corrected chi connectivity index (χ2v) is 8.70. The Balaban J connectivity index is 1.47. The molecule has 0 unspecified atom stereocenters. The van der Waals surface area contributed by atoms with Crippen molar-refractivity contribution in [2.24, 2.45) is 15.0 Å². The van der Waals surface area contributed by atoms with Gasteiger partial charge in [-0.15, -0.1) is 0 Å². The molecular weight excluding hydrogens is 394 g/mol. The summed E-state index contributed by atoms with van der Waals surface area (Å²) < 4.78 is 0. The molecule has 1 aromatic carbocycles. The number of allylic oxidation sites excluding steroid dienone is 3. The molecule has 5 heteroatoms. The summed E-state index contributed by atoms with van der Waals surface area (Å²) in [7, 11) is 0. The van der Waals surface area contributed by atoms with E-state index in [1.807, 2.05) is 12.4 Å². The van der Waals surface area contributed by atoms with Gasteiger partial charge in [-0.1, -0.05) is 25.1 Å². The van der Waals surface area contributed by atoms with E-state index in [1.54, 1.807) is 0 Å². The van der Waals surface area contributed by atoms with Gasteiger partial charge in [0.25, 0.3) is 0 Å². The predicted octanol–water partition coefficient (Wildman–Crippen LogP) is 5.11. The highest BCUT2D eigenvalue weighted by atomic mass is 15.2. The standard InChI is InChI=1S/C27H31N5/c1-4-28-16-23-14-22(7-6-19(23)3)24-15-26(21-8-9-21)32-18-25(29-17-27(32)30-24)20-10-12-31(5-2)13-11-20/h6-7,10,14-18H,4-5,8-9,11-13H2,1-3H3/b28-16-. The molecule has 1 aromatic rings. The van der Waals surface area contributed by atoms with Gasteiger partial charge in [0.15, 0.2) is 5.84 Å². The molecule has 0 saturated heterocycles. The number of rotatable bonds is 5. The summed E-state index contributed by atoms with van der Waals surface area (Å²) in [6.45, 7) is 10.4. The van der Waals surface area contributed by atoms with E-state index in [2.05, 4.69) is 72.1 Å². The number of nitrogens with zero attached hydrogens (tertiary/aromatic N) is 5. The van der Waals surface area contributed by atoms with Crippen molar-refractivity contribution in [3.63, 3.8) is 0 Å². The normalized spacial score (nSPS) is 20.8. The first-order valence-corrected chi connectivity index (χ1v) is 11.8. The molecule has 0 atom stereocenters. The number of hydrogen-bond acceptors (Lipinski definition) is 5. The fraction of sp³-hybridized carbons (Fsp3) is 0.370. The zero-order chi connectivity index (χ0) is 22.1. The smallest absolute Gasteiger partial charge is 0.156 e. The highest BCUT2D eigenvalue weighted by Crippen LogP contribution is 2.39. The van der Waals surface area contributed by atoms with Crippen LogP contribution in [0.3, 0.4) is 0 Å². The SMILES string of the molecule is CC/N=C\c1cc(C2=CC(=C3CC3)N3C=C(C4=CCN(CC)CC4)N=CC3=N2)ccc1C. The Morgan fingerprint density at radius 1 is 1.12 bits per heavy atom. The van der Waals surface area contributed by atoms with Crippen LogP contribution in [0.4, 0.5) is 0 Å². The van der Waals surface area contributed by atoms with E-state index in [0.717, 1.165) is 61.0 Å². The van der Waals surface area contributed by atoms with Gasteiger partial charge in [0.1, 0.15) is 0 Å². The average molecular weight is 426 g/mol. The van der Waals surface area contributed by atoms with Crippen LogP contribution in [-0.4, -0.2) is 54.2 Å². The topological polar surface area (TPSA) is 43.6 Å². The van der Waals surface area contributed by atoms with Crippen LogP contribution in [0.5, 0.6) is 0 Å². The van der Waals surface area contributed by atoms with Crippen LogP contribution in [-0.2, 0) is 0 Å². The van der Waals surface area contributed by atoms with E-state index in [0.29, 0.717) is 0 Å². The maximum absolute atomic E-state index is 4.99. The zero-order valence-corrected chi connectivity index (χ0v) is 19.3. The molecule has 32 heavy (non-hydrogen) atoms. The summed E-state index contributed by atoms with van der Waals surface area (Å²) in [5.41, 5.74) is 9.68. The van der Waals surface area contributed by atoms with Crippen molar-refractivity contribution in [1.82, 2.24) is 9.80 Å². The summed E-state index contributed by atoms with van der Waals surface area (Å²) in [4.78, 5) is 18.9. The van der Waals surface area contributed by atoms with Gasteiger partial charge in [-0.3, -0.25) is 19.8 Å². The van der Waals surface area contributed by atoms with Crippen LogP contribution in [0.15, 0.2) is 74.1 Å². The second-order valence-electron chi connectivity index (χ2n) is 8.70.